The van der Waals surface area contributed by atoms with Crippen molar-refractivity contribution >= 4 is 10.0 Å². The van der Waals surface area contributed by atoms with Crippen molar-refractivity contribution in [3.63, 3.8) is 0 Å². The smallest absolute Gasteiger partial charge is 0.240 e. The van der Waals surface area contributed by atoms with Gasteiger partial charge in [0.2, 0.25) is 10.0 Å². The summed E-state index contributed by atoms with van der Waals surface area (Å²) >= 11 is 0. The minimum absolute atomic E-state index is 0.00782. The molecule has 0 spiro atoms. The molecule has 1 saturated carbocycles. The Hall–Kier alpha value is -0.980. The fourth-order valence-corrected chi connectivity index (χ4v) is 3.71. The van der Waals surface area contributed by atoms with Gasteiger partial charge in [0.25, 0.3) is 0 Å². The van der Waals surface area contributed by atoms with Crippen molar-refractivity contribution in [2.24, 2.45) is 11.7 Å². The number of rotatable bonds is 6. The summed E-state index contributed by atoms with van der Waals surface area (Å²) in [7, 11) is -3.67. The summed E-state index contributed by atoms with van der Waals surface area (Å²) in [6, 6.07) is 2.73. The summed E-state index contributed by atoms with van der Waals surface area (Å²) in [5.41, 5.74) is 6.08. The van der Waals surface area contributed by atoms with Crippen molar-refractivity contribution in [1.82, 2.24) is 4.72 Å². The van der Waals surface area contributed by atoms with E-state index in [4.69, 9.17) is 5.73 Å². The van der Waals surface area contributed by atoms with Gasteiger partial charge in [0, 0.05) is 18.7 Å². The number of nitrogens with one attached hydrogen (secondary N) is 1. The third-order valence-electron chi connectivity index (χ3n) is 3.95. The second-order valence-corrected chi connectivity index (χ2v) is 7.12. The molecule has 6 heteroatoms. The molecular weight excluding hydrogens is 279 g/mol. The molecule has 0 saturated heterocycles. The van der Waals surface area contributed by atoms with Crippen LogP contribution < -0.4 is 10.5 Å². The predicted octanol–water partition coefficient (Wildman–Crippen LogP) is 2.06. The van der Waals surface area contributed by atoms with Crippen LogP contribution in [0.5, 0.6) is 0 Å². The highest BCUT2D eigenvalue weighted by Crippen LogP contribution is 2.29. The summed E-state index contributed by atoms with van der Waals surface area (Å²) in [5, 5.41) is 0. The zero-order valence-corrected chi connectivity index (χ0v) is 12.5. The second-order valence-electron chi connectivity index (χ2n) is 5.39. The van der Waals surface area contributed by atoms with E-state index in [0.717, 1.165) is 6.42 Å². The van der Waals surface area contributed by atoms with Crippen molar-refractivity contribution < 1.29 is 12.8 Å². The second kappa shape index (κ2) is 6.20. The highest BCUT2D eigenvalue weighted by atomic mass is 32.2. The molecule has 1 aromatic carbocycles. The lowest BCUT2D eigenvalue weighted by atomic mass is 9.83. The molecule has 0 amide bonds. The number of hydrogen-bond donors (Lipinski definition) is 2. The van der Waals surface area contributed by atoms with Crippen LogP contribution in [-0.2, 0) is 16.6 Å². The van der Waals surface area contributed by atoms with Crippen LogP contribution in [0.2, 0.25) is 0 Å². The zero-order valence-electron chi connectivity index (χ0n) is 11.7. The number of hydrogen-bond acceptors (Lipinski definition) is 3. The van der Waals surface area contributed by atoms with Crippen molar-refractivity contribution in [2.75, 3.05) is 6.54 Å². The average molecular weight is 300 g/mol. The Morgan fingerprint density at radius 3 is 2.65 bits per heavy atom. The van der Waals surface area contributed by atoms with Crippen LogP contribution in [0.25, 0.3) is 0 Å². The van der Waals surface area contributed by atoms with Crippen molar-refractivity contribution in [3.8, 4) is 0 Å². The first-order valence-electron chi connectivity index (χ1n) is 6.93. The Balaban J connectivity index is 2.13. The SMILES string of the molecule is Cc1c(F)cc(CN)cc1S(=O)(=O)NCCC1CCC1. The Morgan fingerprint density at radius 1 is 1.40 bits per heavy atom. The van der Waals surface area contributed by atoms with E-state index in [0.29, 0.717) is 18.0 Å². The van der Waals surface area contributed by atoms with E-state index in [-0.39, 0.29) is 17.0 Å². The first-order chi connectivity index (χ1) is 9.44. The highest BCUT2D eigenvalue weighted by molar-refractivity contribution is 7.89. The largest absolute Gasteiger partial charge is 0.326 e. The van der Waals surface area contributed by atoms with Gasteiger partial charge in [0.05, 0.1) is 4.90 Å². The number of nitrogens with two attached hydrogens (primary N) is 1. The molecule has 112 valence electrons. The van der Waals surface area contributed by atoms with Gasteiger partial charge in [-0.3, -0.25) is 0 Å². The summed E-state index contributed by atoms with van der Waals surface area (Å²) in [4.78, 5) is -0.00782. The molecule has 0 unspecified atom stereocenters. The molecule has 0 radical (unpaired) electrons. The van der Waals surface area contributed by atoms with Crippen molar-refractivity contribution in [1.29, 1.82) is 0 Å². The molecule has 0 aromatic heterocycles. The lowest BCUT2D eigenvalue weighted by Crippen LogP contribution is -2.28. The maximum atomic E-state index is 13.7. The summed E-state index contributed by atoms with van der Waals surface area (Å²) < 4.78 is 40.8. The van der Waals surface area contributed by atoms with E-state index in [1.54, 1.807) is 0 Å². The Kier molecular flexibility index (Phi) is 4.78. The van der Waals surface area contributed by atoms with E-state index < -0.39 is 15.8 Å². The molecule has 1 aliphatic rings. The maximum Gasteiger partial charge on any atom is 0.240 e. The van der Waals surface area contributed by atoms with Gasteiger partial charge in [0.1, 0.15) is 5.82 Å². The van der Waals surface area contributed by atoms with Crippen molar-refractivity contribution in [2.45, 2.75) is 44.0 Å². The molecule has 1 fully saturated rings. The Labute approximate surface area is 119 Å². The van der Waals surface area contributed by atoms with Crippen LogP contribution in [0.3, 0.4) is 0 Å². The minimum Gasteiger partial charge on any atom is -0.326 e. The van der Waals surface area contributed by atoms with Gasteiger partial charge in [0.15, 0.2) is 0 Å². The summed E-state index contributed by atoms with van der Waals surface area (Å²) in [5.74, 6) is 0.0956. The third kappa shape index (κ3) is 3.37. The summed E-state index contributed by atoms with van der Waals surface area (Å²) in [6.45, 7) is 1.98. The van der Waals surface area contributed by atoms with Crippen LogP contribution >= 0.6 is 0 Å². The lowest BCUT2D eigenvalue weighted by Gasteiger charge is -2.25. The van der Waals surface area contributed by atoms with Crippen LogP contribution in [0.15, 0.2) is 17.0 Å². The van der Waals surface area contributed by atoms with Crippen LogP contribution in [-0.4, -0.2) is 15.0 Å². The molecule has 20 heavy (non-hydrogen) atoms. The Bertz CT molecular complexity index is 583. The van der Waals surface area contributed by atoms with E-state index in [2.05, 4.69) is 4.72 Å². The third-order valence-corrected chi connectivity index (χ3v) is 5.54. The van der Waals surface area contributed by atoms with Gasteiger partial charge in [-0.1, -0.05) is 19.3 Å². The molecule has 0 heterocycles. The molecule has 4 nitrogen and oxygen atoms in total. The van der Waals surface area contributed by atoms with Crippen LogP contribution in [0.1, 0.15) is 36.8 Å². The van der Waals surface area contributed by atoms with Crippen LogP contribution in [0, 0.1) is 18.7 Å². The van der Waals surface area contributed by atoms with Gasteiger partial charge >= 0.3 is 0 Å². The molecule has 3 N–H and O–H groups in total. The molecule has 1 aliphatic carbocycles. The van der Waals surface area contributed by atoms with Gasteiger partial charge in [-0.25, -0.2) is 17.5 Å². The maximum absolute atomic E-state index is 13.7. The van der Waals surface area contributed by atoms with E-state index >= 15 is 0 Å². The van der Waals surface area contributed by atoms with E-state index in [1.165, 1.54) is 38.3 Å². The standard InChI is InChI=1S/C14H21FN2O2S/c1-10-13(15)7-12(9-16)8-14(10)20(18,19)17-6-5-11-3-2-4-11/h7-8,11,17H,2-6,9,16H2,1H3. The lowest BCUT2D eigenvalue weighted by molar-refractivity contribution is 0.297. The molecule has 0 bridgehead atoms. The number of sulfonamides is 1. The molecule has 2 rings (SSSR count). The van der Waals surface area contributed by atoms with Gasteiger partial charge < -0.3 is 5.73 Å². The zero-order chi connectivity index (χ0) is 14.8. The molecule has 0 atom stereocenters. The monoisotopic (exact) mass is 300 g/mol. The molecule has 1 aromatic rings. The predicted molar refractivity (Wildman–Crippen MR) is 76.2 cm³/mol. The fourth-order valence-electron chi connectivity index (χ4n) is 2.36. The number of halogens is 1. The number of benzene rings is 1. The normalized spacial score (nSPS) is 16.1. The van der Waals surface area contributed by atoms with Crippen LogP contribution in [0.4, 0.5) is 4.39 Å². The van der Waals surface area contributed by atoms with E-state index in [9.17, 15) is 12.8 Å². The minimum atomic E-state index is -3.67. The van der Waals surface area contributed by atoms with Gasteiger partial charge in [-0.05, 0) is 37.0 Å². The first kappa shape index (κ1) is 15.4. The molecular formula is C14H21FN2O2S. The highest BCUT2D eigenvalue weighted by Gasteiger charge is 2.22. The van der Waals surface area contributed by atoms with Gasteiger partial charge in [-0.15, -0.1) is 0 Å². The quantitative estimate of drug-likeness (QED) is 0.844. The fraction of sp³-hybridized carbons (Fsp3) is 0.571. The average Bonchev–Trinajstić information content (AvgIpc) is 2.35. The Morgan fingerprint density at radius 2 is 2.10 bits per heavy atom. The summed E-state index contributed by atoms with van der Waals surface area (Å²) in [6.07, 6.45) is 4.44. The van der Waals surface area contributed by atoms with E-state index in [1.807, 2.05) is 0 Å². The molecule has 0 aliphatic heterocycles. The van der Waals surface area contributed by atoms with Crippen molar-refractivity contribution in [3.05, 3.63) is 29.1 Å². The topological polar surface area (TPSA) is 72.2 Å². The first-order valence-corrected chi connectivity index (χ1v) is 8.41. The van der Waals surface area contributed by atoms with Gasteiger partial charge in [-0.2, -0.15) is 0 Å².